The van der Waals surface area contributed by atoms with E-state index in [9.17, 15) is 28.8 Å². The maximum Gasteiger partial charge on any atom is 0.325 e. The summed E-state index contributed by atoms with van der Waals surface area (Å²) in [6.07, 6.45) is 2.07. The van der Waals surface area contributed by atoms with Gasteiger partial charge in [-0.05, 0) is 19.8 Å². The number of hydrogen-bond acceptors (Lipinski definition) is 8. The zero-order chi connectivity index (χ0) is 25.8. The van der Waals surface area contributed by atoms with Gasteiger partial charge in [-0.3, -0.25) is 28.8 Å². The number of primary amides is 2. The molecule has 0 saturated carbocycles. The maximum absolute atomic E-state index is 13.0. The number of hydrogen-bond donors (Lipinski definition) is 8. The number of carboxylic acid groups (broad SMARTS) is 1. The number of carboxylic acids is 1. The standard InChI is InChI=1S/C19H30N8O7/c1-9(19(33)34)25-17(31)12(3-5-15(22)29)26-18(32)13(6-10-7-23-8-24-10)27-16(30)11(20)2-4-14(21)28/h7-9,11-13H,2-6,20H2,1H3,(H2,21,28)(H2,22,29)(H,23,24)(H,25,31)(H,26,32)(H,27,30)(H,33,34). The van der Waals surface area contributed by atoms with Crippen molar-refractivity contribution in [2.75, 3.05) is 0 Å². The highest BCUT2D eigenvalue weighted by Gasteiger charge is 2.30. The topological polar surface area (TPSA) is 265 Å². The number of nitrogens with two attached hydrogens (primary N) is 3. The maximum atomic E-state index is 13.0. The highest BCUT2D eigenvalue weighted by Crippen LogP contribution is 2.05. The van der Waals surface area contributed by atoms with E-state index in [1.165, 1.54) is 19.4 Å². The molecule has 0 aliphatic rings. The average molecular weight is 482 g/mol. The zero-order valence-electron chi connectivity index (χ0n) is 18.6. The van der Waals surface area contributed by atoms with Crippen LogP contribution in [0.3, 0.4) is 0 Å². The second-order valence-electron chi connectivity index (χ2n) is 7.59. The van der Waals surface area contributed by atoms with Gasteiger partial charge in [-0.1, -0.05) is 0 Å². The van der Waals surface area contributed by atoms with Gasteiger partial charge in [0.2, 0.25) is 29.5 Å². The van der Waals surface area contributed by atoms with E-state index in [4.69, 9.17) is 22.3 Å². The monoisotopic (exact) mass is 482 g/mol. The molecule has 188 valence electrons. The molecule has 0 aliphatic carbocycles. The Bertz CT molecular complexity index is 889. The molecule has 1 heterocycles. The molecule has 1 aromatic heterocycles. The van der Waals surface area contributed by atoms with Crippen molar-refractivity contribution in [1.29, 1.82) is 0 Å². The van der Waals surface area contributed by atoms with Crippen LogP contribution in [0.15, 0.2) is 12.5 Å². The lowest BCUT2D eigenvalue weighted by Crippen LogP contribution is -2.57. The van der Waals surface area contributed by atoms with Crippen molar-refractivity contribution in [2.24, 2.45) is 17.2 Å². The number of carbonyl (C=O) groups is 6. The van der Waals surface area contributed by atoms with E-state index in [1.807, 2.05) is 0 Å². The Kier molecular flexibility index (Phi) is 11.1. The molecule has 15 heteroatoms. The number of carbonyl (C=O) groups excluding carboxylic acids is 5. The van der Waals surface area contributed by atoms with E-state index < -0.39 is 59.7 Å². The van der Waals surface area contributed by atoms with Crippen LogP contribution >= 0.6 is 0 Å². The summed E-state index contributed by atoms with van der Waals surface area (Å²) in [6, 6.07) is -4.93. The average Bonchev–Trinajstić information content (AvgIpc) is 3.26. The summed E-state index contributed by atoms with van der Waals surface area (Å²) >= 11 is 0. The molecule has 0 fully saturated rings. The van der Waals surface area contributed by atoms with Crippen molar-refractivity contribution in [3.05, 3.63) is 18.2 Å². The van der Waals surface area contributed by atoms with Gasteiger partial charge < -0.3 is 43.2 Å². The normalized spacial score (nSPS) is 14.2. The number of aromatic nitrogens is 2. The molecule has 4 unspecified atom stereocenters. The van der Waals surface area contributed by atoms with Gasteiger partial charge in [0.05, 0.1) is 12.4 Å². The fourth-order valence-corrected chi connectivity index (χ4v) is 2.74. The van der Waals surface area contributed by atoms with E-state index >= 15 is 0 Å². The molecule has 0 spiro atoms. The molecule has 0 aromatic carbocycles. The quantitative estimate of drug-likeness (QED) is 0.122. The predicted molar refractivity (Wildman–Crippen MR) is 116 cm³/mol. The van der Waals surface area contributed by atoms with Crippen molar-refractivity contribution in [3.8, 4) is 0 Å². The number of amides is 5. The van der Waals surface area contributed by atoms with Gasteiger partial charge in [-0.15, -0.1) is 0 Å². The first-order valence-electron chi connectivity index (χ1n) is 10.3. The smallest absolute Gasteiger partial charge is 0.325 e. The third kappa shape index (κ3) is 10.1. The van der Waals surface area contributed by atoms with Crippen molar-refractivity contribution in [3.63, 3.8) is 0 Å². The number of rotatable bonds is 15. The predicted octanol–water partition coefficient (Wildman–Crippen LogP) is -3.63. The summed E-state index contributed by atoms with van der Waals surface area (Å²) in [5.74, 6) is -5.08. The summed E-state index contributed by atoms with van der Waals surface area (Å²) in [7, 11) is 0. The Labute approximate surface area is 194 Å². The molecule has 0 aliphatic heterocycles. The Hall–Kier alpha value is -4.01. The van der Waals surface area contributed by atoms with Crippen molar-refractivity contribution in [2.45, 2.75) is 63.2 Å². The zero-order valence-corrected chi connectivity index (χ0v) is 18.6. The Morgan fingerprint density at radius 1 is 0.941 bits per heavy atom. The SMILES string of the molecule is CC(NC(=O)C(CCC(N)=O)NC(=O)C(Cc1cnc[nH]1)NC(=O)C(N)CCC(N)=O)C(=O)O. The molecular formula is C19H30N8O7. The highest BCUT2D eigenvalue weighted by atomic mass is 16.4. The van der Waals surface area contributed by atoms with Crippen LogP contribution in [0.4, 0.5) is 0 Å². The molecule has 15 nitrogen and oxygen atoms in total. The molecule has 0 saturated heterocycles. The lowest BCUT2D eigenvalue weighted by molar-refractivity contribution is -0.142. The second-order valence-corrected chi connectivity index (χ2v) is 7.59. The van der Waals surface area contributed by atoms with E-state index in [1.54, 1.807) is 0 Å². The molecule has 1 aromatic rings. The van der Waals surface area contributed by atoms with E-state index in [2.05, 4.69) is 25.9 Å². The van der Waals surface area contributed by atoms with Crippen LogP contribution in [0.25, 0.3) is 0 Å². The minimum atomic E-state index is -1.31. The fourth-order valence-electron chi connectivity index (χ4n) is 2.74. The summed E-state index contributed by atoms with van der Waals surface area (Å²) in [5.41, 5.74) is 16.4. The van der Waals surface area contributed by atoms with Gasteiger partial charge in [-0.2, -0.15) is 0 Å². The van der Waals surface area contributed by atoms with Crippen molar-refractivity contribution >= 4 is 35.5 Å². The third-order valence-corrected chi connectivity index (χ3v) is 4.69. The van der Waals surface area contributed by atoms with E-state index in [0.29, 0.717) is 5.69 Å². The second kappa shape index (κ2) is 13.5. The summed E-state index contributed by atoms with van der Waals surface area (Å²) in [5, 5.41) is 16.1. The lowest BCUT2D eigenvalue weighted by atomic mass is 10.1. The van der Waals surface area contributed by atoms with Crippen molar-refractivity contribution in [1.82, 2.24) is 25.9 Å². The number of H-pyrrole nitrogens is 1. The van der Waals surface area contributed by atoms with Crippen LogP contribution in [0.2, 0.25) is 0 Å². The minimum absolute atomic E-state index is 0.0454. The van der Waals surface area contributed by atoms with Crippen LogP contribution < -0.4 is 33.2 Å². The molecule has 1 rings (SSSR count). The van der Waals surface area contributed by atoms with E-state index in [-0.39, 0.29) is 32.1 Å². The third-order valence-electron chi connectivity index (χ3n) is 4.69. The summed E-state index contributed by atoms with van der Waals surface area (Å²) < 4.78 is 0. The lowest BCUT2D eigenvalue weighted by Gasteiger charge is -2.24. The number of imidazole rings is 1. The van der Waals surface area contributed by atoms with Gasteiger partial charge in [0.25, 0.3) is 0 Å². The Morgan fingerprint density at radius 2 is 1.50 bits per heavy atom. The van der Waals surface area contributed by atoms with Gasteiger partial charge in [0.1, 0.15) is 18.1 Å². The first kappa shape index (κ1) is 28.0. The van der Waals surface area contributed by atoms with E-state index in [0.717, 1.165) is 0 Å². The number of nitrogens with zero attached hydrogens (tertiary/aromatic N) is 1. The fraction of sp³-hybridized carbons (Fsp3) is 0.526. The molecule has 0 radical (unpaired) electrons. The number of aliphatic carboxylic acids is 1. The number of nitrogens with one attached hydrogen (secondary N) is 4. The highest BCUT2D eigenvalue weighted by molar-refractivity contribution is 5.94. The number of aromatic amines is 1. The van der Waals surface area contributed by atoms with Crippen LogP contribution in [0.1, 0.15) is 38.3 Å². The summed E-state index contributed by atoms with van der Waals surface area (Å²) in [4.78, 5) is 77.7. The van der Waals surface area contributed by atoms with Gasteiger partial charge in [0.15, 0.2) is 0 Å². The molecule has 0 bridgehead atoms. The van der Waals surface area contributed by atoms with Crippen LogP contribution in [-0.4, -0.2) is 74.7 Å². The minimum Gasteiger partial charge on any atom is -0.480 e. The van der Waals surface area contributed by atoms with Crippen LogP contribution in [0, 0.1) is 0 Å². The molecule has 5 amide bonds. The molecular weight excluding hydrogens is 452 g/mol. The first-order chi connectivity index (χ1) is 15.9. The van der Waals surface area contributed by atoms with Gasteiger partial charge >= 0.3 is 5.97 Å². The van der Waals surface area contributed by atoms with Crippen LogP contribution in [-0.2, 0) is 35.2 Å². The van der Waals surface area contributed by atoms with Gasteiger partial charge in [-0.25, -0.2) is 4.98 Å². The molecule has 4 atom stereocenters. The molecule has 11 N–H and O–H groups in total. The Morgan fingerprint density at radius 3 is 2.03 bits per heavy atom. The van der Waals surface area contributed by atoms with Gasteiger partial charge in [0, 0.05) is 31.2 Å². The molecule has 34 heavy (non-hydrogen) atoms. The Balaban J connectivity index is 3.00. The van der Waals surface area contributed by atoms with Crippen molar-refractivity contribution < 1.29 is 33.9 Å². The first-order valence-corrected chi connectivity index (χ1v) is 10.3. The van der Waals surface area contributed by atoms with Crippen LogP contribution in [0.5, 0.6) is 0 Å². The largest absolute Gasteiger partial charge is 0.480 e. The summed E-state index contributed by atoms with van der Waals surface area (Å²) in [6.45, 7) is 1.22.